The van der Waals surface area contributed by atoms with E-state index >= 15 is 0 Å². The van der Waals surface area contributed by atoms with Crippen LogP contribution in [0.3, 0.4) is 0 Å². The van der Waals surface area contributed by atoms with Crippen molar-refractivity contribution >= 4 is 12.1 Å². The number of carbonyl (C=O) groups excluding carboxylic acids is 1. The van der Waals surface area contributed by atoms with Gasteiger partial charge in [0.1, 0.15) is 19.0 Å². The van der Waals surface area contributed by atoms with Gasteiger partial charge in [0, 0.05) is 0 Å². The van der Waals surface area contributed by atoms with Crippen LogP contribution < -0.4 is 19.6 Å². The minimum atomic E-state index is -4.64. The van der Waals surface area contributed by atoms with Crippen molar-refractivity contribution in [2.75, 3.05) is 7.11 Å². The molecule has 4 aromatic carbocycles. The number of nitrogens with one attached hydrogen (secondary N) is 1. The summed E-state index contributed by atoms with van der Waals surface area (Å²) in [5, 5.41) is 3.77. The van der Waals surface area contributed by atoms with Gasteiger partial charge in [0.25, 0.3) is 5.91 Å². The van der Waals surface area contributed by atoms with Gasteiger partial charge in [0.05, 0.1) is 24.5 Å². The van der Waals surface area contributed by atoms with Crippen LogP contribution in [0.1, 0.15) is 32.6 Å². The molecule has 0 aliphatic rings. The highest BCUT2D eigenvalue weighted by Gasteiger charge is 2.34. The van der Waals surface area contributed by atoms with Gasteiger partial charge in [-0.2, -0.15) is 18.3 Å². The monoisotopic (exact) mass is 534 g/mol. The zero-order valence-corrected chi connectivity index (χ0v) is 20.9. The molecule has 1 N–H and O–H groups in total. The number of amides is 1. The Balaban J connectivity index is 1.30. The highest BCUT2D eigenvalue weighted by Crippen LogP contribution is 2.32. The van der Waals surface area contributed by atoms with Gasteiger partial charge in [-0.15, -0.1) is 0 Å². The molecule has 39 heavy (non-hydrogen) atoms. The standard InChI is InChI=1S/C30H25F3N2O4/c1-37-28-17-23(13-16-27(28)39-19-22-7-3-2-4-8-22)20-38-24-14-11-21(12-15-24)18-34-35-29(36)25-9-5-6-10-26(25)30(31,32)33/h2-18H,19-20H2,1H3,(H,35,36)/b34-18+. The van der Waals surface area contributed by atoms with Crippen molar-refractivity contribution in [2.45, 2.75) is 19.4 Å². The quantitative estimate of drug-likeness (QED) is 0.183. The summed E-state index contributed by atoms with van der Waals surface area (Å²) in [4.78, 5) is 12.2. The maximum Gasteiger partial charge on any atom is 0.417 e. The lowest BCUT2D eigenvalue weighted by molar-refractivity contribution is -0.137. The van der Waals surface area contributed by atoms with Crippen LogP contribution in [-0.2, 0) is 19.4 Å². The SMILES string of the molecule is COc1cc(COc2ccc(/C=N/NC(=O)c3ccccc3C(F)(F)F)cc2)ccc1OCc1ccccc1. The second-order valence-corrected chi connectivity index (χ2v) is 8.36. The van der Waals surface area contributed by atoms with Crippen LogP contribution in [0, 0.1) is 0 Å². The fourth-order valence-corrected chi connectivity index (χ4v) is 3.63. The number of methoxy groups -OCH3 is 1. The molecule has 0 radical (unpaired) electrons. The van der Waals surface area contributed by atoms with Crippen LogP contribution in [0.15, 0.2) is 102 Å². The van der Waals surface area contributed by atoms with Gasteiger partial charge in [-0.1, -0.05) is 48.5 Å². The van der Waals surface area contributed by atoms with E-state index in [9.17, 15) is 18.0 Å². The lowest BCUT2D eigenvalue weighted by atomic mass is 10.1. The fourth-order valence-electron chi connectivity index (χ4n) is 3.63. The third-order valence-corrected chi connectivity index (χ3v) is 5.61. The molecule has 0 saturated carbocycles. The van der Waals surface area contributed by atoms with Gasteiger partial charge < -0.3 is 14.2 Å². The first-order valence-electron chi connectivity index (χ1n) is 11.9. The van der Waals surface area contributed by atoms with E-state index in [-0.39, 0.29) is 6.61 Å². The van der Waals surface area contributed by atoms with E-state index in [1.165, 1.54) is 18.3 Å². The first-order valence-corrected chi connectivity index (χ1v) is 11.9. The van der Waals surface area contributed by atoms with Crippen molar-refractivity contribution < 1.29 is 32.2 Å². The van der Waals surface area contributed by atoms with Gasteiger partial charge in [-0.25, -0.2) is 5.43 Å². The molecule has 0 bridgehead atoms. The van der Waals surface area contributed by atoms with E-state index in [2.05, 4.69) is 10.5 Å². The molecule has 200 valence electrons. The van der Waals surface area contributed by atoms with Crippen LogP contribution in [0.4, 0.5) is 13.2 Å². The Morgan fingerprint density at radius 2 is 1.51 bits per heavy atom. The number of ether oxygens (including phenoxy) is 3. The number of hydrazone groups is 1. The molecule has 0 spiro atoms. The summed E-state index contributed by atoms with van der Waals surface area (Å²) in [7, 11) is 1.58. The number of benzene rings is 4. The van der Waals surface area contributed by atoms with Crippen molar-refractivity contribution in [3.05, 3.63) is 125 Å². The Morgan fingerprint density at radius 3 is 2.23 bits per heavy atom. The molecule has 4 rings (SSSR count). The van der Waals surface area contributed by atoms with Crippen LogP contribution >= 0.6 is 0 Å². The Morgan fingerprint density at radius 1 is 0.821 bits per heavy atom. The van der Waals surface area contributed by atoms with Crippen LogP contribution in [0.5, 0.6) is 17.2 Å². The smallest absolute Gasteiger partial charge is 0.417 e. The van der Waals surface area contributed by atoms with Crippen molar-refractivity contribution in [3.8, 4) is 17.2 Å². The van der Waals surface area contributed by atoms with E-state index < -0.39 is 23.2 Å². The number of hydrogen-bond acceptors (Lipinski definition) is 5. The molecule has 0 unspecified atom stereocenters. The number of alkyl halides is 3. The van der Waals surface area contributed by atoms with E-state index in [1.54, 1.807) is 31.4 Å². The van der Waals surface area contributed by atoms with E-state index in [0.717, 1.165) is 23.3 Å². The van der Waals surface area contributed by atoms with Crippen molar-refractivity contribution in [3.63, 3.8) is 0 Å². The van der Waals surface area contributed by atoms with Crippen LogP contribution in [0.25, 0.3) is 0 Å². The Kier molecular flexibility index (Phi) is 8.83. The van der Waals surface area contributed by atoms with Gasteiger partial charge in [-0.05, 0) is 65.2 Å². The highest BCUT2D eigenvalue weighted by molar-refractivity contribution is 5.96. The predicted octanol–water partition coefficient (Wildman–Crippen LogP) is 6.64. The molecule has 0 aliphatic carbocycles. The van der Waals surface area contributed by atoms with Crippen molar-refractivity contribution in [1.29, 1.82) is 0 Å². The Bertz CT molecular complexity index is 1420. The Labute approximate surface area is 223 Å². The van der Waals surface area contributed by atoms with Crippen molar-refractivity contribution in [1.82, 2.24) is 5.43 Å². The minimum Gasteiger partial charge on any atom is -0.493 e. The third-order valence-electron chi connectivity index (χ3n) is 5.61. The summed E-state index contributed by atoms with van der Waals surface area (Å²) < 4.78 is 56.5. The normalized spacial score (nSPS) is 11.3. The molecular weight excluding hydrogens is 509 g/mol. The molecule has 0 atom stereocenters. The average molecular weight is 535 g/mol. The second kappa shape index (κ2) is 12.6. The summed E-state index contributed by atoms with van der Waals surface area (Å²) >= 11 is 0. The summed E-state index contributed by atoms with van der Waals surface area (Å²) in [5.74, 6) is 0.867. The second-order valence-electron chi connectivity index (χ2n) is 8.36. The van der Waals surface area contributed by atoms with Gasteiger partial charge in [-0.3, -0.25) is 4.79 Å². The molecule has 0 saturated heterocycles. The van der Waals surface area contributed by atoms with Crippen LogP contribution in [-0.4, -0.2) is 19.2 Å². The summed E-state index contributed by atoms with van der Waals surface area (Å²) in [6.07, 6.45) is -3.31. The molecule has 0 heterocycles. The molecule has 0 aromatic heterocycles. The third kappa shape index (κ3) is 7.61. The Hall–Kier alpha value is -4.79. The first-order chi connectivity index (χ1) is 18.8. The number of nitrogens with zero attached hydrogens (tertiary/aromatic N) is 1. The van der Waals surface area contributed by atoms with Gasteiger partial charge in [0.2, 0.25) is 0 Å². The molecule has 6 nitrogen and oxygen atoms in total. The molecule has 0 aliphatic heterocycles. The van der Waals surface area contributed by atoms with E-state index in [4.69, 9.17) is 14.2 Å². The van der Waals surface area contributed by atoms with E-state index in [1.807, 2.05) is 48.5 Å². The molecule has 0 fully saturated rings. The molecule has 1 amide bonds. The average Bonchev–Trinajstić information content (AvgIpc) is 2.96. The topological polar surface area (TPSA) is 69.2 Å². The maximum absolute atomic E-state index is 13.1. The number of carbonyl (C=O) groups is 1. The minimum absolute atomic E-state index is 0.289. The zero-order valence-electron chi connectivity index (χ0n) is 20.9. The van der Waals surface area contributed by atoms with Crippen molar-refractivity contribution in [2.24, 2.45) is 5.10 Å². The summed E-state index contributed by atoms with van der Waals surface area (Å²) in [6.45, 7) is 0.713. The van der Waals surface area contributed by atoms with Gasteiger partial charge >= 0.3 is 6.18 Å². The lowest BCUT2D eigenvalue weighted by Crippen LogP contribution is -2.22. The highest BCUT2D eigenvalue weighted by atomic mass is 19.4. The number of hydrogen-bond donors (Lipinski definition) is 1. The molecule has 9 heteroatoms. The summed E-state index contributed by atoms with van der Waals surface area (Å²) in [6, 6.07) is 26.8. The zero-order chi connectivity index (χ0) is 27.7. The first kappa shape index (κ1) is 27.3. The number of rotatable bonds is 10. The summed E-state index contributed by atoms with van der Waals surface area (Å²) in [5.41, 5.74) is 3.16. The largest absolute Gasteiger partial charge is 0.493 e. The molecular formula is C30H25F3N2O4. The fraction of sp³-hybridized carbons (Fsp3) is 0.133. The molecule has 4 aromatic rings. The van der Waals surface area contributed by atoms with Crippen LogP contribution in [0.2, 0.25) is 0 Å². The lowest BCUT2D eigenvalue weighted by Gasteiger charge is -2.13. The number of halogens is 3. The predicted molar refractivity (Wildman–Crippen MR) is 141 cm³/mol. The maximum atomic E-state index is 13.1. The van der Waals surface area contributed by atoms with Gasteiger partial charge in [0.15, 0.2) is 11.5 Å². The van der Waals surface area contributed by atoms with E-state index in [0.29, 0.717) is 29.4 Å².